The summed E-state index contributed by atoms with van der Waals surface area (Å²) in [5.41, 5.74) is 3.57. The highest BCUT2D eigenvalue weighted by Gasteiger charge is 2.31. The lowest BCUT2D eigenvalue weighted by molar-refractivity contribution is -0.141. The summed E-state index contributed by atoms with van der Waals surface area (Å²) in [6.45, 7) is 6.10. The van der Waals surface area contributed by atoms with Crippen molar-refractivity contribution in [1.29, 1.82) is 0 Å². The Labute approximate surface area is 218 Å². The van der Waals surface area contributed by atoms with Crippen LogP contribution in [0.3, 0.4) is 0 Å². The van der Waals surface area contributed by atoms with Crippen molar-refractivity contribution < 1.29 is 9.59 Å². The Bertz CT molecular complexity index is 1130. The van der Waals surface area contributed by atoms with E-state index < -0.39 is 6.04 Å². The van der Waals surface area contributed by atoms with E-state index in [4.69, 9.17) is 23.2 Å². The first-order chi connectivity index (χ1) is 16.8. The molecule has 4 nitrogen and oxygen atoms in total. The maximum atomic E-state index is 13.8. The number of hydrogen-bond donors (Lipinski definition) is 1. The number of rotatable bonds is 10. The highest BCUT2D eigenvalue weighted by atomic mass is 35.5. The first-order valence-electron chi connectivity index (χ1n) is 11.9. The normalized spacial score (nSPS) is 12.6. The summed E-state index contributed by atoms with van der Waals surface area (Å²) >= 11 is 13.0. The number of aryl methyl sites for hydroxylation is 1. The van der Waals surface area contributed by atoms with Crippen LogP contribution in [0.25, 0.3) is 0 Å². The molecule has 6 heteroatoms. The van der Waals surface area contributed by atoms with Crippen molar-refractivity contribution in [2.24, 2.45) is 0 Å². The maximum absolute atomic E-state index is 13.8. The predicted molar refractivity (Wildman–Crippen MR) is 144 cm³/mol. The fourth-order valence-corrected chi connectivity index (χ4v) is 4.46. The fourth-order valence-electron chi connectivity index (χ4n) is 3.95. The van der Waals surface area contributed by atoms with Crippen molar-refractivity contribution in [3.63, 3.8) is 0 Å². The van der Waals surface area contributed by atoms with Crippen molar-refractivity contribution in [2.45, 2.75) is 58.7 Å². The van der Waals surface area contributed by atoms with Crippen LogP contribution >= 0.6 is 23.2 Å². The summed E-state index contributed by atoms with van der Waals surface area (Å²) in [5.74, 6) is -0.351. The Hall–Kier alpha value is -2.82. The zero-order valence-electron chi connectivity index (χ0n) is 20.4. The quantitative estimate of drug-likeness (QED) is 0.343. The molecule has 184 valence electrons. The molecule has 0 bridgehead atoms. The summed E-state index contributed by atoms with van der Waals surface area (Å²) < 4.78 is 0. The van der Waals surface area contributed by atoms with E-state index in [1.807, 2.05) is 75.4 Å². The summed E-state index contributed by atoms with van der Waals surface area (Å²) in [6.07, 6.45) is 1.34. The van der Waals surface area contributed by atoms with Crippen LogP contribution in [0.5, 0.6) is 0 Å². The van der Waals surface area contributed by atoms with Gasteiger partial charge in [0, 0.05) is 34.6 Å². The van der Waals surface area contributed by atoms with E-state index in [-0.39, 0.29) is 30.8 Å². The average Bonchev–Trinajstić information content (AvgIpc) is 2.83. The molecule has 3 aromatic carbocycles. The van der Waals surface area contributed by atoms with Gasteiger partial charge in [0.25, 0.3) is 0 Å². The number of nitrogens with zero attached hydrogens (tertiary/aromatic N) is 1. The minimum Gasteiger partial charge on any atom is -0.352 e. The molecule has 0 fully saturated rings. The smallest absolute Gasteiger partial charge is 0.243 e. The van der Waals surface area contributed by atoms with Gasteiger partial charge in [-0.15, -0.1) is 0 Å². The zero-order chi connectivity index (χ0) is 25.4. The molecule has 0 aliphatic rings. The Morgan fingerprint density at radius 1 is 0.914 bits per heavy atom. The molecule has 0 aliphatic carbocycles. The van der Waals surface area contributed by atoms with E-state index in [1.165, 1.54) is 0 Å². The van der Waals surface area contributed by atoms with Crippen molar-refractivity contribution in [2.75, 3.05) is 0 Å². The molecular formula is C29H32Cl2N2O2. The van der Waals surface area contributed by atoms with E-state index in [1.54, 1.807) is 23.1 Å². The molecular weight excluding hydrogens is 479 g/mol. The van der Waals surface area contributed by atoms with E-state index in [2.05, 4.69) is 5.32 Å². The highest BCUT2D eigenvalue weighted by molar-refractivity contribution is 6.36. The minimum absolute atomic E-state index is 0.0154. The average molecular weight is 511 g/mol. The summed E-state index contributed by atoms with van der Waals surface area (Å²) in [4.78, 5) is 29.0. The third kappa shape index (κ3) is 7.58. The van der Waals surface area contributed by atoms with Gasteiger partial charge in [0.2, 0.25) is 11.8 Å². The molecule has 0 spiro atoms. The first-order valence-corrected chi connectivity index (χ1v) is 12.7. The molecule has 2 atom stereocenters. The highest BCUT2D eigenvalue weighted by Crippen LogP contribution is 2.27. The topological polar surface area (TPSA) is 49.4 Å². The molecule has 2 amide bonds. The van der Waals surface area contributed by atoms with Crippen LogP contribution in [-0.4, -0.2) is 28.8 Å². The zero-order valence-corrected chi connectivity index (χ0v) is 21.9. The van der Waals surface area contributed by atoms with Crippen LogP contribution in [0.1, 0.15) is 42.5 Å². The Balaban J connectivity index is 2.02. The minimum atomic E-state index is -0.726. The number of carbonyl (C=O) groups excluding carboxylic acids is 2. The van der Waals surface area contributed by atoms with Gasteiger partial charge in [-0.25, -0.2) is 0 Å². The van der Waals surface area contributed by atoms with Crippen molar-refractivity contribution >= 4 is 35.0 Å². The monoisotopic (exact) mass is 510 g/mol. The lowest BCUT2D eigenvalue weighted by Gasteiger charge is -2.33. The van der Waals surface area contributed by atoms with Crippen LogP contribution < -0.4 is 5.32 Å². The SMILES string of the molecule is CC[C@H](C)NC(=O)[C@H](Cc1ccccc1)N(Cc1c(Cl)cccc1Cl)C(=O)Cc1cccc(C)c1. The largest absolute Gasteiger partial charge is 0.352 e. The third-order valence-corrected chi connectivity index (χ3v) is 6.81. The molecule has 0 aromatic heterocycles. The maximum Gasteiger partial charge on any atom is 0.243 e. The summed E-state index contributed by atoms with van der Waals surface area (Å²) in [6, 6.07) is 22.1. The Morgan fingerprint density at radius 2 is 1.54 bits per heavy atom. The number of benzene rings is 3. The molecule has 35 heavy (non-hydrogen) atoms. The molecule has 0 unspecified atom stereocenters. The molecule has 0 saturated heterocycles. The van der Waals surface area contributed by atoms with Crippen molar-refractivity contribution in [1.82, 2.24) is 10.2 Å². The number of hydrogen-bond acceptors (Lipinski definition) is 2. The summed E-state index contributed by atoms with van der Waals surface area (Å²) in [5, 5.41) is 4.00. The summed E-state index contributed by atoms with van der Waals surface area (Å²) in [7, 11) is 0. The molecule has 3 aromatic rings. The molecule has 3 rings (SSSR count). The number of nitrogens with one attached hydrogen (secondary N) is 1. The Kier molecular flexibility index (Phi) is 9.76. The number of amides is 2. The third-order valence-electron chi connectivity index (χ3n) is 6.10. The molecule has 0 heterocycles. The van der Waals surface area contributed by atoms with Gasteiger partial charge in [-0.2, -0.15) is 0 Å². The van der Waals surface area contributed by atoms with Gasteiger partial charge in [0.15, 0.2) is 0 Å². The standard InChI is InChI=1S/C29H32Cl2N2O2/c1-4-21(3)32-29(35)27(17-22-11-6-5-7-12-22)33(19-24-25(30)14-9-15-26(24)31)28(34)18-23-13-8-10-20(2)16-23/h5-16,21,27H,4,17-19H2,1-3H3,(H,32,35)/t21-,27-/m0/s1. The predicted octanol–water partition coefficient (Wildman–Crippen LogP) is 6.40. The van der Waals surface area contributed by atoms with Gasteiger partial charge in [0.1, 0.15) is 6.04 Å². The van der Waals surface area contributed by atoms with Gasteiger partial charge in [0.05, 0.1) is 6.42 Å². The lowest BCUT2D eigenvalue weighted by atomic mass is 10.0. The molecule has 1 N–H and O–H groups in total. The number of carbonyl (C=O) groups is 2. The number of halogens is 2. The van der Waals surface area contributed by atoms with E-state index in [0.29, 0.717) is 22.0 Å². The second-order valence-electron chi connectivity index (χ2n) is 8.91. The van der Waals surface area contributed by atoms with Crippen LogP contribution in [0.2, 0.25) is 10.0 Å². The molecule has 0 radical (unpaired) electrons. The first kappa shape index (κ1) is 26.8. The second kappa shape index (κ2) is 12.8. The van der Waals surface area contributed by atoms with Crippen molar-refractivity contribution in [3.05, 3.63) is 105 Å². The second-order valence-corrected chi connectivity index (χ2v) is 9.73. The van der Waals surface area contributed by atoms with Crippen LogP contribution in [-0.2, 0) is 29.0 Å². The van der Waals surface area contributed by atoms with Gasteiger partial charge >= 0.3 is 0 Å². The van der Waals surface area contributed by atoms with Crippen molar-refractivity contribution in [3.8, 4) is 0 Å². The van der Waals surface area contributed by atoms with Crippen LogP contribution in [0, 0.1) is 6.92 Å². The Morgan fingerprint density at radius 3 is 2.17 bits per heavy atom. The van der Waals surface area contributed by atoms with Gasteiger partial charge in [-0.05, 0) is 43.5 Å². The van der Waals surface area contributed by atoms with E-state index >= 15 is 0 Å². The van der Waals surface area contributed by atoms with E-state index in [9.17, 15) is 9.59 Å². The molecule has 0 aliphatic heterocycles. The molecule has 0 saturated carbocycles. The van der Waals surface area contributed by atoms with E-state index in [0.717, 1.165) is 23.1 Å². The van der Waals surface area contributed by atoms with Crippen LogP contribution in [0.15, 0.2) is 72.8 Å². The van der Waals surface area contributed by atoms with Gasteiger partial charge in [-0.3, -0.25) is 9.59 Å². The van der Waals surface area contributed by atoms with Crippen LogP contribution in [0.4, 0.5) is 0 Å². The van der Waals surface area contributed by atoms with Gasteiger partial charge < -0.3 is 10.2 Å². The van der Waals surface area contributed by atoms with Gasteiger partial charge in [-0.1, -0.05) is 96.4 Å². The lowest BCUT2D eigenvalue weighted by Crippen LogP contribution is -2.52. The fraction of sp³-hybridized carbons (Fsp3) is 0.310.